The number of rotatable bonds is 4. The molecule has 0 atom stereocenters. The number of anilines is 1. The van der Waals surface area contributed by atoms with Crippen LogP contribution in [0.5, 0.6) is 0 Å². The van der Waals surface area contributed by atoms with Crippen molar-refractivity contribution in [3.63, 3.8) is 0 Å². The highest BCUT2D eigenvalue weighted by atomic mass is 19.1. The Balaban J connectivity index is 1.33. The molecule has 6 nitrogen and oxygen atoms in total. The summed E-state index contributed by atoms with van der Waals surface area (Å²) in [4.78, 5) is 42.4. The van der Waals surface area contributed by atoms with Crippen LogP contribution in [0.2, 0.25) is 0 Å². The molecule has 150 valence electrons. The molecule has 0 aromatic heterocycles. The first-order valence-electron chi connectivity index (χ1n) is 9.70. The van der Waals surface area contributed by atoms with Crippen LogP contribution in [0.1, 0.15) is 32.7 Å². The summed E-state index contributed by atoms with van der Waals surface area (Å²) in [5.74, 6) is -1.06. The lowest BCUT2D eigenvalue weighted by Gasteiger charge is -2.36. The third-order valence-corrected chi connectivity index (χ3v) is 5.50. The third kappa shape index (κ3) is 3.60. The first kappa shape index (κ1) is 19.1. The molecule has 1 saturated heterocycles. The third-order valence-electron chi connectivity index (χ3n) is 5.50. The van der Waals surface area contributed by atoms with Crippen LogP contribution in [0.25, 0.3) is 0 Å². The zero-order chi connectivity index (χ0) is 20.5. The molecular weight excluding hydrogens is 373 g/mol. The number of fused-ring (bicyclic) bond motifs is 1. The molecule has 0 saturated carbocycles. The van der Waals surface area contributed by atoms with Crippen LogP contribution in [-0.4, -0.2) is 60.2 Å². The van der Waals surface area contributed by atoms with Gasteiger partial charge in [-0.25, -0.2) is 4.39 Å². The van der Waals surface area contributed by atoms with Crippen LogP contribution in [-0.2, 0) is 4.79 Å². The van der Waals surface area contributed by atoms with Crippen molar-refractivity contribution in [1.29, 1.82) is 0 Å². The fourth-order valence-electron chi connectivity index (χ4n) is 3.88. The van der Waals surface area contributed by atoms with E-state index in [1.807, 2.05) is 11.8 Å². The van der Waals surface area contributed by atoms with Crippen molar-refractivity contribution in [2.45, 2.75) is 13.3 Å². The summed E-state index contributed by atoms with van der Waals surface area (Å²) in [6.45, 7) is 3.98. The number of imide groups is 1. The summed E-state index contributed by atoms with van der Waals surface area (Å²) < 4.78 is 13.9. The lowest BCUT2D eigenvalue weighted by molar-refractivity contribution is -0.131. The maximum atomic E-state index is 13.9. The van der Waals surface area contributed by atoms with E-state index in [4.69, 9.17) is 0 Å². The van der Waals surface area contributed by atoms with Gasteiger partial charge in [0.15, 0.2) is 0 Å². The molecule has 0 bridgehead atoms. The number of carbonyl (C=O) groups is 3. The Bertz CT molecular complexity index is 983. The van der Waals surface area contributed by atoms with Gasteiger partial charge in [0.1, 0.15) is 5.82 Å². The number of halogens is 1. The Hall–Kier alpha value is -3.22. The molecule has 2 heterocycles. The summed E-state index contributed by atoms with van der Waals surface area (Å²) in [5, 5.41) is 0. The molecule has 7 heteroatoms. The largest absolute Gasteiger partial charge is 0.366 e. The fourth-order valence-corrected chi connectivity index (χ4v) is 3.88. The summed E-state index contributed by atoms with van der Waals surface area (Å²) in [7, 11) is 0. The zero-order valence-corrected chi connectivity index (χ0v) is 16.2. The molecule has 2 aliphatic heterocycles. The number of carbonyl (C=O) groups excluding carboxylic acids is 3. The molecule has 3 amide bonds. The predicted octanol–water partition coefficient (Wildman–Crippen LogP) is 2.47. The molecule has 0 aliphatic carbocycles. The minimum Gasteiger partial charge on any atom is -0.366 e. The number of hydrogen-bond acceptors (Lipinski definition) is 4. The fraction of sp³-hybridized carbons (Fsp3) is 0.318. The molecule has 0 radical (unpaired) electrons. The van der Waals surface area contributed by atoms with Gasteiger partial charge in [-0.05, 0) is 31.2 Å². The quantitative estimate of drug-likeness (QED) is 0.747. The minimum absolute atomic E-state index is 0.0672. The van der Waals surface area contributed by atoms with E-state index >= 15 is 0 Å². The van der Waals surface area contributed by atoms with Crippen molar-refractivity contribution in [3.8, 4) is 0 Å². The number of para-hydroxylation sites is 1. The van der Waals surface area contributed by atoms with Gasteiger partial charge in [-0.3, -0.25) is 19.3 Å². The molecular formula is C22H22FN3O3. The predicted molar refractivity (Wildman–Crippen MR) is 106 cm³/mol. The minimum atomic E-state index is -0.345. The van der Waals surface area contributed by atoms with Gasteiger partial charge in [-0.2, -0.15) is 0 Å². The number of hydrogen-bond donors (Lipinski definition) is 0. The Labute approximate surface area is 168 Å². The second-order valence-corrected chi connectivity index (χ2v) is 7.38. The monoisotopic (exact) mass is 395 g/mol. The van der Waals surface area contributed by atoms with Gasteiger partial charge in [0.05, 0.1) is 16.8 Å². The van der Waals surface area contributed by atoms with Crippen LogP contribution < -0.4 is 4.90 Å². The number of amides is 3. The average Bonchev–Trinajstić information content (AvgIpc) is 2.96. The second-order valence-electron chi connectivity index (χ2n) is 7.38. The average molecular weight is 395 g/mol. The highest BCUT2D eigenvalue weighted by Crippen LogP contribution is 2.24. The highest BCUT2D eigenvalue weighted by Gasteiger charge is 2.35. The van der Waals surface area contributed by atoms with Crippen LogP contribution in [0.15, 0.2) is 42.5 Å². The van der Waals surface area contributed by atoms with Gasteiger partial charge >= 0.3 is 0 Å². The first-order valence-corrected chi connectivity index (χ1v) is 9.70. The van der Waals surface area contributed by atoms with Gasteiger partial charge in [0, 0.05) is 39.1 Å². The molecule has 2 aromatic carbocycles. The summed E-state index contributed by atoms with van der Waals surface area (Å²) in [6.07, 6.45) is 0.0874. The lowest BCUT2D eigenvalue weighted by Crippen LogP contribution is -2.49. The molecule has 1 fully saturated rings. The van der Waals surface area contributed by atoms with Crippen molar-refractivity contribution in [2.75, 3.05) is 37.6 Å². The van der Waals surface area contributed by atoms with Gasteiger partial charge < -0.3 is 9.80 Å². The van der Waals surface area contributed by atoms with Crippen LogP contribution >= 0.6 is 0 Å². The number of aryl methyl sites for hydroxylation is 1. The van der Waals surface area contributed by atoms with Gasteiger partial charge in [0.2, 0.25) is 5.91 Å². The van der Waals surface area contributed by atoms with Crippen molar-refractivity contribution in [3.05, 3.63) is 65.0 Å². The molecule has 0 unspecified atom stereocenters. The molecule has 2 aromatic rings. The number of benzene rings is 2. The van der Waals surface area contributed by atoms with Crippen LogP contribution in [0.4, 0.5) is 10.1 Å². The Morgan fingerprint density at radius 1 is 0.966 bits per heavy atom. The zero-order valence-electron chi connectivity index (χ0n) is 16.2. The Morgan fingerprint density at radius 3 is 2.38 bits per heavy atom. The van der Waals surface area contributed by atoms with Crippen molar-refractivity contribution >= 4 is 23.4 Å². The van der Waals surface area contributed by atoms with E-state index in [-0.39, 0.29) is 36.5 Å². The maximum absolute atomic E-state index is 13.9. The van der Waals surface area contributed by atoms with Crippen molar-refractivity contribution in [2.24, 2.45) is 0 Å². The van der Waals surface area contributed by atoms with E-state index in [2.05, 4.69) is 0 Å². The normalized spacial score (nSPS) is 16.4. The summed E-state index contributed by atoms with van der Waals surface area (Å²) in [6, 6.07) is 11.8. The highest BCUT2D eigenvalue weighted by molar-refractivity contribution is 6.21. The molecule has 0 N–H and O–H groups in total. The van der Waals surface area contributed by atoms with E-state index in [9.17, 15) is 18.8 Å². The van der Waals surface area contributed by atoms with Crippen LogP contribution in [0.3, 0.4) is 0 Å². The second kappa shape index (κ2) is 7.66. The van der Waals surface area contributed by atoms with E-state index in [0.717, 1.165) is 10.5 Å². The summed E-state index contributed by atoms with van der Waals surface area (Å²) in [5.41, 5.74) is 2.25. The van der Waals surface area contributed by atoms with E-state index in [1.165, 1.54) is 6.07 Å². The lowest BCUT2D eigenvalue weighted by atomic mass is 10.1. The molecule has 4 rings (SSSR count). The molecule has 0 spiro atoms. The SMILES string of the molecule is Cc1ccc2c(c1)C(=O)N(CCC(=O)N1CCN(c3ccccc3F)CC1)C2=O. The van der Waals surface area contributed by atoms with Crippen molar-refractivity contribution < 1.29 is 18.8 Å². The number of nitrogens with zero attached hydrogens (tertiary/aromatic N) is 3. The molecule has 2 aliphatic rings. The standard InChI is InChI=1S/C22H22FN3O3/c1-15-6-7-16-17(14-15)22(29)26(21(16)28)9-8-20(27)25-12-10-24(11-13-25)19-5-3-2-4-18(19)23/h2-7,14H,8-13H2,1H3. The van der Waals surface area contributed by atoms with Gasteiger partial charge in [-0.1, -0.05) is 23.8 Å². The van der Waals surface area contributed by atoms with Crippen molar-refractivity contribution in [1.82, 2.24) is 9.80 Å². The smallest absolute Gasteiger partial charge is 0.261 e. The first-order chi connectivity index (χ1) is 14.0. The Morgan fingerprint density at radius 2 is 1.66 bits per heavy atom. The Kier molecular flexibility index (Phi) is 5.05. The molecule has 29 heavy (non-hydrogen) atoms. The van der Waals surface area contributed by atoms with E-state index < -0.39 is 0 Å². The van der Waals surface area contributed by atoms with Crippen LogP contribution in [0, 0.1) is 12.7 Å². The number of piperazine rings is 1. The van der Waals surface area contributed by atoms with Gasteiger partial charge in [0.25, 0.3) is 11.8 Å². The summed E-state index contributed by atoms with van der Waals surface area (Å²) >= 11 is 0. The maximum Gasteiger partial charge on any atom is 0.261 e. The van der Waals surface area contributed by atoms with Gasteiger partial charge in [-0.15, -0.1) is 0 Å². The van der Waals surface area contributed by atoms with E-state index in [1.54, 1.807) is 41.3 Å². The topological polar surface area (TPSA) is 60.9 Å². The van der Waals surface area contributed by atoms with E-state index in [0.29, 0.717) is 43.0 Å².